The third-order valence-corrected chi connectivity index (χ3v) is 4.81. The predicted octanol–water partition coefficient (Wildman–Crippen LogP) is 3.73. The third kappa shape index (κ3) is 4.42. The van der Waals surface area contributed by atoms with Crippen molar-refractivity contribution in [3.05, 3.63) is 65.7 Å². The Morgan fingerprint density at radius 3 is 2.37 bits per heavy atom. The van der Waals surface area contributed by atoms with Gasteiger partial charge in [-0.15, -0.1) is 0 Å². The normalized spacial score (nSPS) is 14.9. The molecule has 0 unspecified atom stereocenters. The summed E-state index contributed by atoms with van der Waals surface area (Å²) in [7, 11) is 0. The van der Waals surface area contributed by atoms with Crippen molar-refractivity contribution in [3.8, 4) is 0 Å². The number of ether oxygens (including phenoxy) is 1. The van der Waals surface area contributed by atoms with Crippen molar-refractivity contribution in [1.29, 1.82) is 0 Å². The van der Waals surface area contributed by atoms with Gasteiger partial charge in [0.1, 0.15) is 0 Å². The maximum Gasteiger partial charge on any atom is 0.313 e. The number of hydrogen-bond donors (Lipinski definition) is 0. The van der Waals surface area contributed by atoms with Gasteiger partial charge in [-0.1, -0.05) is 37.3 Å². The Hall–Kier alpha value is -2.95. The second kappa shape index (κ2) is 8.62. The zero-order valence-corrected chi connectivity index (χ0v) is 15.4. The van der Waals surface area contributed by atoms with Gasteiger partial charge in [-0.3, -0.25) is 14.4 Å². The lowest BCUT2D eigenvalue weighted by molar-refractivity contribution is -0.144. The monoisotopic (exact) mass is 365 g/mol. The van der Waals surface area contributed by atoms with Gasteiger partial charge in [-0.05, 0) is 42.7 Å². The summed E-state index contributed by atoms with van der Waals surface area (Å²) in [5, 5.41) is 0. The number of hydrogen-bond acceptors (Lipinski definition) is 4. The summed E-state index contributed by atoms with van der Waals surface area (Å²) < 4.78 is 5.26. The molecule has 0 aromatic heterocycles. The number of anilines is 1. The molecule has 1 heterocycles. The van der Waals surface area contributed by atoms with Gasteiger partial charge in [0.05, 0.1) is 5.92 Å². The van der Waals surface area contributed by atoms with Crippen LogP contribution < -0.4 is 4.90 Å². The van der Waals surface area contributed by atoms with Crippen molar-refractivity contribution in [1.82, 2.24) is 0 Å². The molecule has 140 valence electrons. The summed E-state index contributed by atoms with van der Waals surface area (Å²) in [6.45, 7) is 2.34. The van der Waals surface area contributed by atoms with Crippen LogP contribution in [0.3, 0.4) is 0 Å². The van der Waals surface area contributed by atoms with Gasteiger partial charge in [0.2, 0.25) is 5.91 Å². The van der Waals surface area contributed by atoms with Gasteiger partial charge in [0, 0.05) is 24.2 Å². The number of benzene rings is 2. The van der Waals surface area contributed by atoms with Gasteiger partial charge in [-0.2, -0.15) is 0 Å². The molecule has 1 aliphatic heterocycles. The van der Waals surface area contributed by atoms with E-state index in [1.54, 1.807) is 29.2 Å². The maximum atomic E-state index is 12.4. The van der Waals surface area contributed by atoms with E-state index in [9.17, 15) is 14.4 Å². The standard InChI is InChI=1S/C22H23NO4/c1-2-19(16-7-4-3-5-8-16)22(26)27-15-20(24)17-10-12-18(13-11-17)23-14-6-9-21(23)25/h3-5,7-8,10-13,19H,2,6,9,14-15H2,1H3/t19-/m1/s1. The van der Waals surface area contributed by atoms with Crippen LogP contribution in [-0.4, -0.2) is 30.8 Å². The number of amides is 1. The molecule has 0 saturated carbocycles. The van der Waals surface area contributed by atoms with Crippen LogP contribution in [0.25, 0.3) is 0 Å². The first kappa shape index (κ1) is 18.8. The van der Waals surface area contributed by atoms with E-state index in [2.05, 4.69) is 0 Å². The number of carbonyl (C=O) groups is 3. The minimum absolute atomic E-state index is 0.106. The molecule has 1 amide bonds. The van der Waals surface area contributed by atoms with Crippen LogP contribution in [0.15, 0.2) is 54.6 Å². The van der Waals surface area contributed by atoms with Crippen LogP contribution in [0.4, 0.5) is 5.69 Å². The van der Waals surface area contributed by atoms with E-state index in [0.29, 0.717) is 24.9 Å². The maximum absolute atomic E-state index is 12.4. The molecule has 1 aliphatic rings. The first-order valence-corrected chi connectivity index (χ1v) is 9.25. The lowest BCUT2D eigenvalue weighted by atomic mass is 9.97. The van der Waals surface area contributed by atoms with Crippen molar-refractivity contribution < 1.29 is 19.1 Å². The molecule has 0 radical (unpaired) electrons. The highest BCUT2D eigenvalue weighted by molar-refractivity contribution is 5.99. The van der Waals surface area contributed by atoms with Crippen LogP contribution >= 0.6 is 0 Å². The fraction of sp³-hybridized carbons (Fsp3) is 0.318. The van der Waals surface area contributed by atoms with Crippen molar-refractivity contribution in [2.45, 2.75) is 32.1 Å². The van der Waals surface area contributed by atoms with E-state index >= 15 is 0 Å². The lowest BCUT2D eigenvalue weighted by Gasteiger charge is -2.16. The zero-order chi connectivity index (χ0) is 19.2. The Morgan fingerprint density at radius 1 is 1.07 bits per heavy atom. The number of nitrogens with zero attached hydrogens (tertiary/aromatic N) is 1. The Bertz CT molecular complexity index is 814. The molecular weight excluding hydrogens is 342 g/mol. The quantitative estimate of drug-likeness (QED) is 0.554. The van der Waals surface area contributed by atoms with Crippen LogP contribution in [-0.2, 0) is 14.3 Å². The third-order valence-electron chi connectivity index (χ3n) is 4.81. The van der Waals surface area contributed by atoms with Crippen LogP contribution in [0.1, 0.15) is 48.0 Å². The van der Waals surface area contributed by atoms with E-state index in [1.807, 2.05) is 37.3 Å². The van der Waals surface area contributed by atoms with Gasteiger partial charge in [0.25, 0.3) is 0 Å². The Labute approximate surface area is 158 Å². The van der Waals surface area contributed by atoms with E-state index < -0.39 is 5.97 Å². The minimum atomic E-state index is -0.392. The van der Waals surface area contributed by atoms with Gasteiger partial charge < -0.3 is 9.64 Å². The zero-order valence-electron chi connectivity index (χ0n) is 15.4. The van der Waals surface area contributed by atoms with Crippen LogP contribution in [0, 0.1) is 0 Å². The predicted molar refractivity (Wildman–Crippen MR) is 103 cm³/mol. The van der Waals surface area contributed by atoms with E-state index in [1.165, 1.54) is 0 Å². The molecule has 27 heavy (non-hydrogen) atoms. The van der Waals surface area contributed by atoms with Gasteiger partial charge in [-0.25, -0.2) is 0 Å². The molecular formula is C22H23NO4. The van der Waals surface area contributed by atoms with Crippen molar-refractivity contribution in [3.63, 3.8) is 0 Å². The van der Waals surface area contributed by atoms with Crippen molar-refractivity contribution in [2.24, 2.45) is 0 Å². The van der Waals surface area contributed by atoms with Crippen molar-refractivity contribution >= 4 is 23.3 Å². The molecule has 5 heteroatoms. The summed E-state index contributed by atoms with van der Waals surface area (Å²) in [6, 6.07) is 16.3. The second-order valence-electron chi connectivity index (χ2n) is 6.60. The highest BCUT2D eigenvalue weighted by atomic mass is 16.5. The highest BCUT2D eigenvalue weighted by Crippen LogP contribution is 2.23. The number of carbonyl (C=O) groups excluding carboxylic acids is 3. The molecule has 0 spiro atoms. The smallest absolute Gasteiger partial charge is 0.313 e. The van der Waals surface area contributed by atoms with E-state index in [-0.39, 0.29) is 24.2 Å². The van der Waals surface area contributed by atoms with E-state index in [4.69, 9.17) is 4.74 Å². The molecule has 2 aromatic carbocycles. The van der Waals surface area contributed by atoms with Crippen LogP contribution in [0.2, 0.25) is 0 Å². The van der Waals surface area contributed by atoms with Gasteiger partial charge >= 0.3 is 5.97 Å². The summed E-state index contributed by atoms with van der Waals surface area (Å²) in [6.07, 6.45) is 2.03. The molecule has 0 aliphatic carbocycles. The molecule has 1 saturated heterocycles. The Morgan fingerprint density at radius 2 is 1.78 bits per heavy atom. The molecule has 1 fully saturated rings. The van der Waals surface area contributed by atoms with Gasteiger partial charge in [0.15, 0.2) is 12.4 Å². The summed E-state index contributed by atoms with van der Waals surface area (Å²) >= 11 is 0. The second-order valence-corrected chi connectivity index (χ2v) is 6.60. The molecule has 5 nitrogen and oxygen atoms in total. The molecule has 0 N–H and O–H groups in total. The molecule has 3 rings (SSSR count). The fourth-order valence-corrected chi connectivity index (χ4v) is 3.29. The minimum Gasteiger partial charge on any atom is -0.457 e. The Kier molecular flexibility index (Phi) is 6.01. The average Bonchev–Trinajstić information content (AvgIpc) is 3.13. The average molecular weight is 365 g/mol. The summed E-state index contributed by atoms with van der Waals surface area (Å²) in [5.41, 5.74) is 2.14. The summed E-state index contributed by atoms with van der Waals surface area (Å²) in [5.74, 6) is -0.918. The lowest BCUT2D eigenvalue weighted by Crippen LogP contribution is -2.23. The SMILES string of the molecule is CC[C@@H](C(=O)OCC(=O)c1ccc(N2CCCC2=O)cc1)c1ccccc1. The summed E-state index contributed by atoms with van der Waals surface area (Å²) in [4.78, 5) is 38.2. The largest absolute Gasteiger partial charge is 0.457 e. The van der Waals surface area contributed by atoms with E-state index in [0.717, 1.165) is 17.7 Å². The topological polar surface area (TPSA) is 63.7 Å². The Balaban J connectivity index is 1.58. The first-order valence-electron chi connectivity index (χ1n) is 9.25. The highest BCUT2D eigenvalue weighted by Gasteiger charge is 2.23. The fourth-order valence-electron chi connectivity index (χ4n) is 3.29. The van der Waals surface area contributed by atoms with Crippen LogP contribution in [0.5, 0.6) is 0 Å². The molecule has 0 bridgehead atoms. The number of esters is 1. The number of ketones is 1. The first-order chi connectivity index (χ1) is 13.1. The number of rotatable bonds is 7. The molecule has 2 aromatic rings. The number of Topliss-reactive ketones (excluding diaryl/α,β-unsaturated/α-hetero) is 1. The molecule has 1 atom stereocenters. The van der Waals surface area contributed by atoms with Crippen molar-refractivity contribution in [2.75, 3.05) is 18.1 Å².